The first-order valence-corrected chi connectivity index (χ1v) is 32.1. The molecule has 0 aromatic rings. The smallest absolute Gasteiger partial charge is 0.0367 e. The lowest BCUT2D eigenvalue weighted by Crippen LogP contribution is -2.54. The molecular formula is C70H98N2. The Hall–Kier alpha value is -2.58. The second-order valence-electron chi connectivity index (χ2n) is 28.6. The molecule has 19 unspecified atom stereocenters. The minimum atomic E-state index is 0.301. The first-order valence-electron chi connectivity index (χ1n) is 32.1. The summed E-state index contributed by atoms with van der Waals surface area (Å²) in [7, 11) is 0. The van der Waals surface area contributed by atoms with Crippen LogP contribution < -0.4 is 5.32 Å². The van der Waals surface area contributed by atoms with Crippen LogP contribution >= 0.6 is 0 Å². The third-order valence-corrected chi connectivity index (χ3v) is 25.7. The minimum absolute atomic E-state index is 0.301. The molecule has 2 nitrogen and oxygen atoms in total. The minimum Gasteiger partial charge on any atom is -0.343 e. The molecule has 8 fully saturated rings. The molecule has 0 saturated heterocycles. The van der Waals surface area contributed by atoms with Gasteiger partial charge in [-0.2, -0.15) is 0 Å². The van der Waals surface area contributed by atoms with Crippen LogP contribution in [-0.2, 0) is 0 Å². The van der Waals surface area contributed by atoms with Crippen LogP contribution in [0.5, 0.6) is 0 Å². The van der Waals surface area contributed by atoms with Gasteiger partial charge in [0.1, 0.15) is 0 Å². The second kappa shape index (κ2) is 19.5. The summed E-state index contributed by atoms with van der Waals surface area (Å²) < 4.78 is 0. The summed E-state index contributed by atoms with van der Waals surface area (Å²) in [5.41, 5.74) is 7.82. The highest BCUT2D eigenvalue weighted by Gasteiger charge is 2.72. The third-order valence-electron chi connectivity index (χ3n) is 25.7. The van der Waals surface area contributed by atoms with Gasteiger partial charge in [-0.25, -0.2) is 0 Å². The van der Waals surface area contributed by atoms with Crippen molar-refractivity contribution in [3.63, 3.8) is 0 Å². The fourth-order valence-corrected chi connectivity index (χ4v) is 23.4. The van der Waals surface area contributed by atoms with E-state index in [1.807, 2.05) is 11.1 Å². The zero-order chi connectivity index (χ0) is 48.1. The van der Waals surface area contributed by atoms with Crippen molar-refractivity contribution >= 4 is 0 Å². The number of hydrogen-bond donors (Lipinski definition) is 1. The van der Waals surface area contributed by atoms with Crippen molar-refractivity contribution in [2.45, 2.75) is 212 Å². The fourth-order valence-electron chi connectivity index (χ4n) is 23.4. The van der Waals surface area contributed by atoms with Gasteiger partial charge in [0, 0.05) is 29.5 Å². The van der Waals surface area contributed by atoms with Crippen molar-refractivity contribution < 1.29 is 0 Å². The summed E-state index contributed by atoms with van der Waals surface area (Å²) in [6, 6.07) is 1.78. The van der Waals surface area contributed by atoms with E-state index >= 15 is 0 Å². The van der Waals surface area contributed by atoms with Crippen LogP contribution in [0.1, 0.15) is 194 Å². The lowest BCUT2D eigenvalue weighted by Gasteiger charge is -2.50. The maximum absolute atomic E-state index is 4.82. The van der Waals surface area contributed by atoms with Crippen molar-refractivity contribution in [1.82, 2.24) is 10.2 Å². The monoisotopic (exact) mass is 967 g/mol. The number of fused-ring (bicyclic) bond motifs is 13. The van der Waals surface area contributed by atoms with Gasteiger partial charge in [0.15, 0.2) is 0 Å². The highest BCUT2D eigenvalue weighted by molar-refractivity contribution is 5.43. The number of rotatable bonds is 8. The molecule has 388 valence electrons. The topological polar surface area (TPSA) is 15.3 Å². The Morgan fingerprint density at radius 2 is 1.40 bits per heavy atom. The zero-order valence-electron chi connectivity index (χ0n) is 45.7. The predicted octanol–water partition coefficient (Wildman–Crippen LogP) is 17.6. The highest BCUT2D eigenvalue weighted by Crippen LogP contribution is 2.77. The molecule has 19 atom stereocenters. The molecule has 0 aromatic carbocycles. The molecule has 0 aromatic heterocycles. The van der Waals surface area contributed by atoms with Crippen LogP contribution in [0.2, 0.25) is 0 Å². The van der Waals surface area contributed by atoms with Gasteiger partial charge in [-0.05, 0) is 220 Å². The van der Waals surface area contributed by atoms with Crippen LogP contribution in [0.4, 0.5) is 0 Å². The maximum Gasteiger partial charge on any atom is 0.0367 e. The van der Waals surface area contributed by atoms with Crippen molar-refractivity contribution in [2.75, 3.05) is 0 Å². The second-order valence-corrected chi connectivity index (χ2v) is 28.6. The standard InChI is InChI=1S/C70H98N2/c1-45-65(42-41-57-54-29-13-15-35-60(54)69(2,3)67(45)57)71-68-52(47-23-9-5-10-24-47)31-18-34-58(68)56-33-20-38-63-66(56)59-30-14-16-36-62(59)70(63)61-37-19-32-53(61)55-40-39-51(44-64(55)70)72(49-26-11-6-12-27-49)50-28-17-25-48(43-50)46-21-7-4-8-22-46/h11,13-14,16,20,26-27,29-31,33,36,38,44-48,50,53-55,57-68,71H,4-10,12,15,17-19,21-25,28,32,34-35,37,39-43H2,1-3H3. The molecule has 14 rings (SSSR count). The van der Waals surface area contributed by atoms with Crippen molar-refractivity contribution in [2.24, 2.45) is 111 Å². The summed E-state index contributed by atoms with van der Waals surface area (Å²) in [5.74, 6) is 13.2. The molecule has 0 bridgehead atoms. The molecule has 0 radical (unpaired) electrons. The number of allylic oxidation sites excluding steroid dienone is 15. The van der Waals surface area contributed by atoms with Gasteiger partial charge in [0.2, 0.25) is 0 Å². The van der Waals surface area contributed by atoms with Crippen LogP contribution in [-0.4, -0.2) is 23.0 Å². The molecule has 72 heavy (non-hydrogen) atoms. The molecule has 14 aliphatic carbocycles. The molecule has 2 heteroatoms. The Balaban J connectivity index is 0.823. The van der Waals surface area contributed by atoms with Crippen LogP contribution in [0.15, 0.2) is 108 Å². The number of hydrogen-bond acceptors (Lipinski definition) is 2. The summed E-state index contributed by atoms with van der Waals surface area (Å²) in [4.78, 5) is 3.06. The summed E-state index contributed by atoms with van der Waals surface area (Å²) in [6.45, 7) is 8.15. The van der Waals surface area contributed by atoms with Gasteiger partial charge in [-0.3, -0.25) is 0 Å². The quantitative estimate of drug-likeness (QED) is 0.244. The lowest BCUT2D eigenvalue weighted by atomic mass is 9.56. The predicted molar refractivity (Wildman–Crippen MR) is 300 cm³/mol. The molecule has 14 aliphatic rings. The van der Waals surface area contributed by atoms with Crippen LogP contribution in [0.3, 0.4) is 0 Å². The Morgan fingerprint density at radius 3 is 2.26 bits per heavy atom. The first kappa shape index (κ1) is 47.8. The summed E-state index contributed by atoms with van der Waals surface area (Å²) in [5, 5.41) is 4.82. The van der Waals surface area contributed by atoms with Gasteiger partial charge in [0.25, 0.3) is 0 Å². The highest BCUT2D eigenvalue weighted by atomic mass is 15.2. The SMILES string of the molecule is CC1C(NC2C(C3CCCCC3)=CCCC2C2=CC=CC3C2C2C=CC=CC2C32C3C=C(N(C4=CCCC=C4)C4CCCC(C5CCCCC5)C4)CCC3C3CCCC32)CCC2C3C=CCCC3C(C)(C)C12. The lowest BCUT2D eigenvalue weighted by molar-refractivity contribution is 0.0504. The largest absolute Gasteiger partial charge is 0.343 e. The molecule has 0 amide bonds. The number of nitrogens with zero attached hydrogens (tertiary/aromatic N) is 1. The van der Waals surface area contributed by atoms with Crippen molar-refractivity contribution in [3.8, 4) is 0 Å². The first-order chi connectivity index (χ1) is 35.4. The molecule has 0 aliphatic heterocycles. The van der Waals surface area contributed by atoms with E-state index in [2.05, 4.69) is 111 Å². The Kier molecular flexibility index (Phi) is 12.9. The van der Waals surface area contributed by atoms with Gasteiger partial charge in [0.05, 0.1) is 0 Å². The molecule has 8 saturated carbocycles. The third kappa shape index (κ3) is 7.63. The van der Waals surface area contributed by atoms with Gasteiger partial charge < -0.3 is 10.2 Å². The van der Waals surface area contributed by atoms with Crippen molar-refractivity contribution in [3.05, 3.63) is 108 Å². The normalized spacial score (nSPS) is 47.2. The average molecular weight is 968 g/mol. The molecule has 1 spiro atoms. The summed E-state index contributed by atoms with van der Waals surface area (Å²) in [6.07, 6.45) is 76.0. The van der Waals surface area contributed by atoms with E-state index in [9.17, 15) is 0 Å². The van der Waals surface area contributed by atoms with E-state index < -0.39 is 0 Å². The van der Waals surface area contributed by atoms with E-state index in [1.54, 1.807) is 11.4 Å². The Bertz CT molecular complexity index is 2300. The van der Waals surface area contributed by atoms with Crippen molar-refractivity contribution in [1.29, 1.82) is 0 Å². The zero-order valence-corrected chi connectivity index (χ0v) is 45.7. The fraction of sp³-hybridized carbons (Fsp3) is 0.743. The van der Waals surface area contributed by atoms with E-state index in [4.69, 9.17) is 5.32 Å². The molecule has 0 heterocycles. The van der Waals surface area contributed by atoms with E-state index in [0.29, 0.717) is 64.5 Å². The number of nitrogens with one attached hydrogen (secondary N) is 1. The average Bonchev–Trinajstić information content (AvgIpc) is 4.17. The molecular weight excluding hydrogens is 869 g/mol. The van der Waals surface area contributed by atoms with Gasteiger partial charge >= 0.3 is 0 Å². The molecule has 1 N–H and O–H groups in total. The van der Waals surface area contributed by atoms with Crippen LogP contribution in [0, 0.1) is 111 Å². The maximum atomic E-state index is 4.82. The summed E-state index contributed by atoms with van der Waals surface area (Å²) >= 11 is 0. The van der Waals surface area contributed by atoms with Crippen LogP contribution in [0.25, 0.3) is 0 Å². The Labute approximate surface area is 439 Å². The van der Waals surface area contributed by atoms with Gasteiger partial charge in [-0.1, -0.05) is 182 Å². The van der Waals surface area contributed by atoms with E-state index in [1.165, 1.54) is 173 Å². The van der Waals surface area contributed by atoms with E-state index in [-0.39, 0.29) is 0 Å². The Morgan fingerprint density at radius 1 is 0.583 bits per heavy atom. The van der Waals surface area contributed by atoms with Gasteiger partial charge in [-0.15, -0.1) is 0 Å². The van der Waals surface area contributed by atoms with E-state index in [0.717, 1.165) is 65.1 Å².